The quantitative estimate of drug-likeness (QED) is 0.570. The molecule has 0 atom stereocenters. The summed E-state index contributed by atoms with van der Waals surface area (Å²) < 4.78 is 7.26. The van der Waals surface area contributed by atoms with Gasteiger partial charge in [-0.25, -0.2) is 0 Å². The molecule has 0 N–H and O–H groups in total. The van der Waals surface area contributed by atoms with Crippen LogP contribution in [0.25, 0.3) is 0 Å². The predicted octanol–water partition coefficient (Wildman–Crippen LogP) is -1.53. The van der Waals surface area contributed by atoms with Gasteiger partial charge >= 0.3 is 0 Å². The van der Waals surface area contributed by atoms with Crippen molar-refractivity contribution in [1.82, 2.24) is 14.0 Å². The third kappa shape index (κ3) is 2.39. The fourth-order valence-electron chi connectivity index (χ4n) is 1.72. The highest BCUT2D eigenvalue weighted by atomic mass is 79.9. The first-order valence-electron chi connectivity index (χ1n) is 4.12. The van der Waals surface area contributed by atoms with Crippen LogP contribution in [0.2, 0.25) is 0 Å². The summed E-state index contributed by atoms with van der Waals surface area (Å²) in [5.41, 5.74) is 0. The van der Waals surface area contributed by atoms with E-state index >= 15 is 0 Å². The molecule has 0 radical (unpaired) electrons. The molecule has 0 saturated carbocycles. The molecule has 0 aliphatic carbocycles. The lowest BCUT2D eigenvalue weighted by Crippen LogP contribution is -3.00. The Morgan fingerprint density at radius 3 is 1.77 bits per heavy atom. The first kappa shape index (κ1) is 14.1. The number of hydrogen-bond donors (Lipinski definition) is 0. The normalized spacial score (nSPS) is 22.4. The van der Waals surface area contributed by atoms with Crippen molar-refractivity contribution in [2.75, 3.05) is 47.5 Å². The van der Waals surface area contributed by atoms with Gasteiger partial charge in [0.15, 0.2) is 0 Å². The summed E-state index contributed by atoms with van der Waals surface area (Å²) in [7, 11) is 11.0. The summed E-state index contributed by atoms with van der Waals surface area (Å²) in [4.78, 5) is 0. The van der Waals surface area contributed by atoms with E-state index in [9.17, 15) is 0 Å². The minimum Gasteiger partial charge on any atom is -1.00 e. The smallest absolute Gasteiger partial charge is 0.290 e. The largest absolute Gasteiger partial charge is 1.00 e. The van der Waals surface area contributed by atoms with Crippen LogP contribution in [0.1, 0.15) is 0 Å². The zero-order valence-corrected chi connectivity index (χ0v) is 12.3. The molecule has 0 bridgehead atoms. The number of hydrogen-bond acceptors (Lipinski definition) is 4. The van der Waals surface area contributed by atoms with Gasteiger partial charge in [-0.05, 0) is 0 Å². The minimum atomic E-state index is -1.17. The molecular weight excluding hydrogens is 269 g/mol. The predicted molar refractivity (Wildman–Crippen MR) is 59.4 cm³/mol. The molecule has 0 aromatic heterocycles. The molecule has 0 aromatic rings. The molecule has 1 aliphatic heterocycles. The second-order valence-electron chi connectivity index (χ2n) is 3.42. The fraction of sp³-hybridized carbons (Fsp3) is 1.00. The zero-order chi connectivity index (χ0) is 9.35. The highest BCUT2D eigenvalue weighted by Gasteiger charge is 2.54. The molecule has 0 spiro atoms. The van der Waals surface area contributed by atoms with E-state index in [1.807, 2.05) is 0 Å². The average Bonchev–Trinajstić information content (AvgIpc) is 2.31. The van der Waals surface area contributed by atoms with Crippen molar-refractivity contribution in [2.45, 2.75) is 0 Å². The second-order valence-corrected chi connectivity index (χ2v) is 9.64. The Labute approximate surface area is 96.8 Å². The van der Waals surface area contributed by atoms with E-state index < -0.39 is 6.92 Å². The fourth-order valence-corrected chi connectivity index (χ4v) is 8.62. The molecule has 0 aromatic carbocycles. The van der Waals surface area contributed by atoms with Crippen molar-refractivity contribution in [1.29, 1.82) is 0 Å². The number of rotatable bonds is 2. The Morgan fingerprint density at radius 1 is 1.15 bits per heavy atom. The van der Waals surface area contributed by atoms with Crippen LogP contribution in [0.15, 0.2) is 0 Å². The molecular formula is C7H19BrN3PS. The lowest BCUT2D eigenvalue weighted by atomic mass is 10.8. The lowest BCUT2D eigenvalue weighted by Gasteiger charge is -2.34. The molecule has 1 saturated heterocycles. The first-order chi connectivity index (χ1) is 5.51. The van der Waals surface area contributed by atoms with Crippen molar-refractivity contribution in [3.63, 3.8) is 0 Å². The van der Waals surface area contributed by atoms with Crippen molar-refractivity contribution >= 4 is 18.3 Å². The molecule has 3 nitrogen and oxygen atoms in total. The number of halogens is 1. The summed E-state index contributed by atoms with van der Waals surface area (Å²) >= 11 is 2.10. The van der Waals surface area contributed by atoms with E-state index in [2.05, 4.69) is 60.6 Å². The summed E-state index contributed by atoms with van der Waals surface area (Å²) in [5, 5.41) is 0. The maximum Gasteiger partial charge on any atom is 0.290 e. The summed E-state index contributed by atoms with van der Waals surface area (Å²) in [6.45, 7) is 0.0519. The molecule has 80 valence electrons. The molecule has 1 fully saturated rings. The third-order valence-corrected chi connectivity index (χ3v) is 10.4. The van der Waals surface area contributed by atoms with Crippen molar-refractivity contribution in [3.05, 3.63) is 0 Å². The van der Waals surface area contributed by atoms with Crippen LogP contribution in [0.4, 0.5) is 0 Å². The molecule has 0 amide bonds. The Kier molecular flexibility index (Phi) is 5.75. The van der Waals surface area contributed by atoms with Gasteiger partial charge in [-0.2, -0.15) is 0 Å². The van der Waals surface area contributed by atoms with E-state index in [0.717, 1.165) is 0 Å². The second kappa shape index (κ2) is 5.29. The molecule has 13 heavy (non-hydrogen) atoms. The molecule has 0 unspecified atom stereocenters. The van der Waals surface area contributed by atoms with Gasteiger partial charge in [0.05, 0.1) is 17.1 Å². The molecule has 1 rings (SSSR count). The Morgan fingerprint density at radius 2 is 1.62 bits per heavy atom. The maximum atomic E-state index is 2.50. The van der Waals surface area contributed by atoms with Crippen LogP contribution in [0, 0.1) is 0 Å². The van der Waals surface area contributed by atoms with Gasteiger partial charge in [0.1, 0.15) is 0 Å². The van der Waals surface area contributed by atoms with Crippen molar-refractivity contribution in [3.8, 4) is 0 Å². The van der Waals surface area contributed by atoms with E-state index in [4.69, 9.17) is 0 Å². The van der Waals surface area contributed by atoms with E-state index in [1.54, 1.807) is 0 Å². The van der Waals surface area contributed by atoms with Crippen molar-refractivity contribution < 1.29 is 17.0 Å². The maximum absolute atomic E-state index is 2.50. The van der Waals surface area contributed by atoms with Gasteiger partial charge < -0.3 is 17.0 Å². The van der Waals surface area contributed by atoms with Crippen LogP contribution in [-0.4, -0.2) is 61.5 Å². The lowest BCUT2D eigenvalue weighted by molar-refractivity contribution is -0.00000267. The highest BCUT2D eigenvalue weighted by molar-refractivity contribution is 8.60. The average molecular weight is 288 g/mol. The monoisotopic (exact) mass is 287 g/mol. The van der Waals surface area contributed by atoms with Gasteiger partial charge in [-0.15, -0.1) is 14.0 Å². The van der Waals surface area contributed by atoms with Gasteiger partial charge in [0, 0.05) is 41.8 Å². The molecule has 1 aliphatic rings. The first-order valence-corrected chi connectivity index (χ1v) is 7.36. The van der Waals surface area contributed by atoms with Crippen LogP contribution in [0.3, 0.4) is 0 Å². The molecule has 6 heteroatoms. The summed E-state index contributed by atoms with van der Waals surface area (Å²) in [6, 6.07) is 0. The van der Waals surface area contributed by atoms with Crippen LogP contribution >= 0.6 is 18.3 Å². The Hall–Kier alpha value is 1.14. The van der Waals surface area contributed by atoms with E-state index in [1.165, 1.54) is 12.3 Å². The third-order valence-electron chi connectivity index (χ3n) is 2.17. The molecule has 1 heterocycles. The van der Waals surface area contributed by atoms with E-state index in [-0.39, 0.29) is 17.0 Å². The van der Waals surface area contributed by atoms with Gasteiger partial charge in [-0.3, -0.25) is 0 Å². The Bertz CT molecular complexity index is 160. The Balaban J connectivity index is 0.00000144. The number of nitrogens with zero attached hydrogens (tertiary/aromatic N) is 3. The van der Waals surface area contributed by atoms with Crippen molar-refractivity contribution in [2.24, 2.45) is 0 Å². The van der Waals surface area contributed by atoms with Gasteiger partial charge in [0.25, 0.3) is 6.92 Å². The van der Waals surface area contributed by atoms with Crippen LogP contribution in [0.5, 0.6) is 0 Å². The van der Waals surface area contributed by atoms with Crippen LogP contribution in [-0.2, 0) is 0 Å². The standard InChI is InChI=1S/C7H19N3PS.BrH/c1-8(2)11(9(3)4)10(5)6-7-12-11;/h6-7H2,1-5H3;1H/q+1;/p-1. The van der Waals surface area contributed by atoms with E-state index in [0.29, 0.717) is 0 Å². The zero-order valence-electron chi connectivity index (χ0n) is 8.99. The highest BCUT2D eigenvalue weighted by Crippen LogP contribution is 2.77. The summed E-state index contributed by atoms with van der Waals surface area (Å²) in [5.74, 6) is 1.26. The minimum absolute atomic E-state index is 0. The summed E-state index contributed by atoms with van der Waals surface area (Å²) in [6.07, 6.45) is 0. The van der Waals surface area contributed by atoms with Gasteiger partial charge in [-0.1, -0.05) is 0 Å². The topological polar surface area (TPSA) is 9.72 Å². The SMILES string of the molecule is CN(C)[P+]1(N(C)C)SCCN1C.[Br-]. The van der Waals surface area contributed by atoms with Gasteiger partial charge in [0.2, 0.25) is 0 Å². The van der Waals surface area contributed by atoms with Crippen LogP contribution < -0.4 is 17.0 Å².